The second-order valence-corrected chi connectivity index (χ2v) is 4.70. The standard InChI is InChI=1S/C13H20ClNO/c1-9-5-6-12(14)8-13(9)16-11(3)7-10(2)15-4/h5-6,8,10-11,15H,7H2,1-4H3. The van der Waals surface area contributed by atoms with Crippen LogP contribution in [0.15, 0.2) is 18.2 Å². The van der Waals surface area contributed by atoms with E-state index in [9.17, 15) is 0 Å². The highest BCUT2D eigenvalue weighted by molar-refractivity contribution is 6.30. The molecule has 2 atom stereocenters. The number of rotatable bonds is 5. The molecule has 0 bridgehead atoms. The first-order chi connectivity index (χ1) is 7.52. The molecule has 2 nitrogen and oxygen atoms in total. The molecule has 2 unspecified atom stereocenters. The van der Waals surface area contributed by atoms with Gasteiger partial charge in [0.25, 0.3) is 0 Å². The molecule has 1 N–H and O–H groups in total. The SMILES string of the molecule is CNC(C)CC(C)Oc1cc(Cl)ccc1C. The summed E-state index contributed by atoms with van der Waals surface area (Å²) in [6.07, 6.45) is 1.15. The van der Waals surface area contributed by atoms with E-state index in [0.29, 0.717) is 6.04 Å². The van der Waals surface area contributed by atoms with Gasteiger partial charge < -0.3 is 10.1 Å². The highest BCUT2D eigenvalue weighted by atomic mass is 35.5. The molecule has 0 aliphatic carbocycles. The molecule has 1 aromatic carbocycles. The van der Waals surface area contributed by atoms with Crippen molar-refractivity contribution in [2.24, 2.45) is 0 Å². The van der Waals surface area contributed by atoms with E-state index in [1.54, 1.807) is 0 Å². The summed E-state index contributed by atoms with van der Waals surface area (Å²) < 4.78 is 5.87. The molecule has 0 saturated carbocycles. The number of nitrogens with one attached hydrogen (secondary N) is 1. The Kier molecular flexibility index (Phi) is 5.10. The van der Waals surface area contributed by atoms with Crippen LogP contribution in [-0.2, 0) is 0 Å². The summed E-state index contributed by atoms with van der Waals surface area (Å²) in [5.74, 6) is 0.878. The van der Waals surface area contributed by atoms with Crippen LogP contribution in [0.3, 0.4) is 0 Å². The average Bonchev–Trinajstić information content (AvgIpc) is 2.23. The van der Waals surface area contributed by atoms with Gasteiger partial charge in [0.15, 0.2) is 0 Å². The van der Waals surface area contributed by atoms with Gasteiger partial charge in [-0.1, -0.05) is 17.7 Å². The summed E-state index contributed by atoms with van der Waals surface area (Å²) in [5.41, 5.74) is 1.12. The number of hydrogen-bond donors (Lipinski definition) is 1. The molecular formula is C13H20ClNO. The van der Waals surface area contributed by atoms with E-state index in [0.717, 1.165) is 22.8 Å². The summed E-state index contributed by atoms with van der Waals surface area (Å²) in [6, 6.07) is 6.18. The maximum Gasteiger partial charge on any atom is 0.124 e. The molecule has 16 heavy (non-hydrogen) atoms. The van der Waals surface area contributed by atoms with Crippen LogP contribution in [-0.4, -0.2) is 19.2 Å². The fraction of sp³-hybridized carbons (Fsp3) is 0.538. The second-order valence-electron chi connectivity index (χ2n) is 4.26. The molecule has 0 amide bonds. The van der Waals surface area contributed by atoms with Gasteiger partial charge >= 0.3 is 0 Å². The van der Waals surface area contributed by atoms with E-state index < -0.39 is 0 Å². The largest absolute Gasteiger partial charge is 0.490 e. The van der Waals surface area contributed by atoms with Crippen molar-refractivity contribution in [1.29, 1.82) is 0 Å². The first kappa shape index (κ1) is 13.3. The lowest BCUT2D eigenvalue weighted by molar-refractivity contribution is 0.196. The Hall–Kier alpha value is -0.730. The van der Waals surface area contributed by atoms with Crippen molar-refractivity contribution in [3.8, 4) is 5.75 Å². The van der Waals surface area contributed by atoms with Crippen LogP contribution in [0.25, 0.3) is 0 Å². The number of ether oxygens (including phenoxy) is 1. The Morgan fingerprint density at radius 1 is 1.38 bits per heavy atom. The number of hydrogen-bond acceptors (Lipinski definition) is 2. The lowest BCUT2D eigenvalue weighted by Crippen LogP contribution is -2.28. The topological polar surface area (TPSA) is 21.3 Å². The molecule has 90 valence electrons. The molecule has 0 heterocycles. The van der Waals surface area contributed by atoms with Crippen molar-refractivity contribution < 1.29 is 4.74 Å². The predicted octanol–water partition coefficient (Wildman–Crippen LogP) is 3.41. The van der Waals surface area contributed by atoms with Crippen LogP contribution in [0.4, 0.5) is 0 Å². The second kappa shape index (κ2) is 6.12. The Morgan fingerprint density at radius 2 is 2.06 bits per heavy atom. The highest BCUT2D eigenvalue weighted by Crippen LogP contribution is 2.24. The lowest BCUT2D eigenvalue weighted by Gasteiger charge is -2.19. The number of aryl methyl sites for hydroxylation is 1. The van der Waals surface area contributed by atoms with E-state index >= 15 is 0 Å². The summed E-state index contributed by atoms with van der Waals surface area (Å²) in [4.78, 5) is 0. The smallest absolute Gasteiger partial charge is 0.124 e. The molecule has 0 aliphatic rings. The molecule has 0 fully saturated rings. The molecule has 1 rings (SSSR count). The van der Waals surface area contributed by atoms with Gasteiger partial charge in [0.1, 0.15) is 5.75 Å². The monoisotopic (exact) mass is 241 g/mol. The fourth-order valence-corrected chi connectivity index (χ4v) is 1.74. The van der Waals surface area contributed by atoms with Gasteiger partial charge in [0.05, 0.1) is 6.10 Å². The summed E-state index contributed by atoms with van der Waals surface area (Å²) in [5, 5.41) is 3.92. The van der Waals surface area contributed by atoms with Crippen molar-refractivity contribution in [2.75, 3.05) is 7.05 Å². The van der Waals surface area contributed by atoms with E-state index in [1.165, 1.54) is 0 Å². The molecule has 0 saturated heterocycles. The average molecular weight is 242 g/mol. The molecule has 0 aliphatic heterocycles. The Balaban J connectivity index is 2.61. The third kappa shape index (κ3) is 4.03. The van der Waals surface area contributed by atoms with Gasteiger partial charge in [-0.15, -0.1) is 0 Å². The Bertz CT molecular complexity index is 341. The summed E-state index contributed by atoms with van der Waals surface area (Å²) in [7, 11) is 1.96. The van der Waals surface area contributed by atoms with Gasteiger partial charge in [-0.2, -0.15) is 0 Å². The van der Waals surface area contributed by atoms with Crippen molar-refractivity contribution in [1.82, 2.24) is 5.32 Å². The summed E-state index contributed by atoms with van der Waals surface area (Å²) in [6.45, 7) is 6.25. The zero-order valence-electron chi connectivity index (χ0n) is 10.4. The maximum absolute atomic E-state index is 5.94. The van der Waals surface area contributed by atoms with Gasteiger partial charge in [-0.3, -0.25) is 0 Å². The summed E-state index contributed by atoms with van der Waals surface area (Å²) >= 11 is 5.94. The van der Waals surface area contributed by atoms with Crippen LogP contribution >= 0.6 is 11.6 Å². The zero-order valence-corrected chi connectivity index (χ0v) is 11.1. The molecule has 0 aromatic heterocycles. The third-order valence-corrected chi connectivity index (χ3v) is 2.89. The van der Waals surface area contributed by atoms with E-state index in [2.05, 4.69) is 19.2 Å². The van der Waals surface area contributed by atoms with Gasteiger partial charge in [0, 0.05) is 11.1 Å². The molecular weight excluding hydrogens is 222 g/mol. The van der Waals surface area contributed by atoms with Crippen LogP contribution in [0.2, 0.25) is 5.02 Å². The number of halogens is 1. The van der Waals surface area contributed by atoms with E-state index in [1.807, 2.05) is 32.2 Å². The minimum Gasteiger partial charge on any atom is -0.490 e. The molecule has 1 aromatic rings. The van der Waals surface area contributed by atoms with Crippen molar-refractivity contribution >= 4 is 11.6 Å². The van der Waals surface area contributed by atoms with E-state index in [4.69, 9.17) is 16.3 Å². The first-order valence-corrected chi connectivity index (χ1v) is 6.00. The predicted molar refractivity (Wildman–Crippen MR) is 69.4 cm³/mol. The third-order valence-electron chi connectivity index (χ3n) is 2.66. The van der Waals surface area contributed by atoms with Gasteiger partial charge in [-0.25, -0.2) is 0 Å². The maximum atomic E-state index is 5.94. The Labute approximate surface area is 103 Å². The van der Waals surface area contributed by atoms with Gasteiger partial charge in [-0.05, 0) is 51.9 Å². The fourth-order valence-electron chi connectivity index (χ4n) is 1.58. The van der Waals surface area contributed by atoms with E-state index in [-0.39, 0.29) is 6.10 Å². The molecule has 0 spiro atoms. The van der Waals surface area contributed by atoms with Crippen LogP contribution in [0, 0.1) is 6.92 Å². The highest BCUT2D eigenvalue weighted by Gasteiger charge is 2.10. The lowest BCUT2D eigenvalue weighted by atomic mass is 10.1. The normalized spacial score (nSPS) is 14.6. The molecule has 3 heteroatoms. The minimum absolute atomic E-state index is 0.180. The molecule has 0 radical (unpaired) electrons. The minimum atomic E-state index is 0.180. The quantitative estimate of drug-likeness (QED) is 0.853. The van der Waals surface area contributed by atoms with Crippen LogP contribution in [0.1, 0.15) is 25.8 Å². The first-order valence-electron chi connectivity index (χ1n) is 5.63. The zero-order chi connectivity index (χ0) is 12.1. The van der Waals surface area contributed by atoms with Gasteiger partial charge in [0.2, 0.25) is 0 Å². The van der Waals surface area contributed by atoms with Crippen molar-refractivity contribution in [2.45, 2.75) is 39.3 Å². The van der Waals surface area contributed by atoms with Crippen LogP contribution < -0.4 is 10.1 Å². The van der Waals surface area contributed by atoms with Crippen molar-refractivity contribution in [3.63, 3.8) is 0 Å². The van der Waals surface area contributed by atoms with Crippen molar-refractivity contribution in [3.05, 3.63) is 28.8 Å². The Morgan fingerprint density at radius 3 is 2.69 bits per heavy atom. The number of benzene rings is 1. The van der Waals surface area contributed by atoms with Crippen LogP contribution in [0.5, 0.6) is 5.75 Å².